The summed E-state index contributed by atoms with van der Waals surface area (Å²) in [6.07, 6.45) is 0.621. The predicted octanol–water partition coefficient (Wildman–Crippen LogP) is 2.97. The first kappa shape index (κ1) is 21.8. The van der Waals surface area contributed by atoms with Crippen molar-refractivity contribution in [3.8, 4) is 11.5 Å². The fourth-order valence-electron chi connectivity index (χ4n) is 4.04. The Balaban J connectivity index is 1.79. The molecule has 0 unspecified atom stereocenters. The van der Waals surface area contributed by atoms with E-state index in [1.165, 1.54) is 23.1 Å². The van der Waals surface area contributed by atoms with Gasteiger partial charge >= 0.3 is 0 Å². The molecule has 1 atom stereocenters. The van der Waals surface area contributed by atoms with Crippen molar-refractivity contribution in [1.29, 1.82) is 0 Å². The lowest BCUT2D eigenvalue weighted by Gasteiger charge is -2.26. The number of ether oxygens (including phenoxy) is 2. The molecule has 1 N–H and O–H groups in total. The van der Waals surface area contributed by atoms with Crippen LogP contribution in [-0.4, -0.2) is 67.0 Å². The monoisotopic (exact) mass is 440 g/mol. The smallest absolute Gasteiger partial charge is 0.295 e. The van der Waals surface area contributed by atoms with E-state index in [4.69, 9.17) is 9.47 Å². The maximum atomic E-state index is 14.0. The molecule has 2 aromatic rings. The molecule has 0 bridgehead atoms. The maximum absolute atomic E-state index is 14.0. The van der Waals surface area contributed by atoms with Crippen LogP contribution in [0.5, 0.6) is 11.5 Å². The van der Waals surface area contributed by atoms with Gasteiger partial charge in [-0.15, -0.1) is 0 Å². The average Bonchev–Trinajstić information content (AvgIpc) is 3.03. The number of carbonyl (C=O) groups excluding carboxylic acids is 2. The summed E-state index contributed by atoms with van der Waals surface area (Å²) in [5.41, 5.74) is 0.678. The second-order valence-corrected chi connectivity index (χ2v) is 8.06. The average molecular weight is 440 g/mol. The van der Waals surface area contributed by atoms with Gasteiger partial charge in [0.1, 0.15) is 24.8 Å². The quantitative estimate of drug-likeness (QED) is 0.423. The number of aliphatic hydroxyl groups is 1. The molecule has 0 radical (unpaired) electrons. The number of fused-ring (bicyclic) bond motifs is 1. The van der Waals surface area contributed by atoms with Crippen LogP contribution in [0.15, 0.2) is 48.0 Å². The number of halogens is 1. The number of likely N-dealkylation sites (tertiary alicyclic amines) is 1. The second kappa shape index (κ2) is 9.00. The molecule has 0 saturated carbocycles. The number of benzene rings is 2. The van der Waals surface area contributed by atoms with Crippen LogP contribution >= 0.6 is 0 Å². The Kier molecular flexibility index (Phi) is 6.14. The highest BCUT2D eigenvalue weighted by atomic mass is 19.1. The number of Topliss-reactive ketones (excluding diaryl/α,β-unsaturated/α-hetero) is 1. The van der Waals surface area contributed by atoms with Crippen molar-refractivity contribution in [2.24, 2.45) is 0 Å². The number of carbonyl (C=O) groups is 2. The van der Waals surface area contributed by atoms with E-state index in [9.17, 15) is 19.1 Å². The summed E-state index contributed by atoms with van der Waals surface area (Å²) in [5, 5.41) is 11.1. The van der Waals surface area contributed by atoms with Gasteiger partial charge in [-0.1, -0.05) is 12.1 Å². The number of hydrogen-bond acceptors (Lipinski definition) is 6. The fourth-order valence-corrected chi connectivity index (χ4v) is 4.04. The van der Waals surface area contributed by atoms with Crippen molar-refractivity contribution in [2.45, 2.75) is 12.5 Å². The van der Waals surface area contributed by atoms with Crippen molar-refractivity contribution in [3.63, 3.8) is 0 Å². The Morgan fingerprint density at radius 3 is 2.59 bits per heavy atom. The molecule has 1 fully saturated rings. The summed E-state index contributed by atoms with van der Waals surface area (Å²) in [6.45, 7) is 1.80. The molecule has 1 amide bonds. The molecule has 0 aliphatic carbocycles. The molecule has 2 aromatic carbocycles. The van der Waals surface area contributed by atoms with Crippen LogP contribution < -0.4 is 9.47 Å². The highest BCUT2D eigenvalue weighted by Crippen LogP contribution is 2.41. The van der Waals surface area contributed by atoms with Gasteiger partial charge < -0.3 is 24.4 Å². The molecule has 4 rings (SSSR count). The third-order valence-corrected chi connectivity index (χ3v) is 5.52. The summed E-state index contributed by atoms with van der Waals surface area (Å²) in [7, 11) is 3.83. The number of amides is 1. The highest BCUT2D eigenvalue weighted by Gasteiger charge is 2.46. The van der Waals surface area contributed by atoms with Gasteiger partial charge in [0.15, 0.2) is 11.5 Å². The van der Waals surface area contributed by atoms with Gasteiger partial charge in [0.05, 0.1) is 11.6 Å². The van der Waals surface area contributed by atoms with Crippen LogP contribution in [0.3, 0.4) is 0 Å². The molecule has 0 spiro atoms. The van der Waals surface area contributed by atoms with E-state index < -0.39 is 23.5 Å². The normalized spacial score (nSPS) is 19.6. The molecule has 168 valence electrons. The minimum Gasteiger partial charge on any atom is -0.507 e. The van der Waals surface area contributed by atoms with E-state index in [2.05, 4.69) is 0 Å². The molecule has 0 aromatic heterocycles. The van der Waals surface area contributed by atoms with E-state index in [1.54, 1.807) is 24.3 Å². The molecule has 32 heavy (non-hydrogen) atoms. The summed E-state index contributed by atoms with van der Waals surface area (Å²) < 4.78 is 25.1. The predicted molar refractivity (Wildman–Crippen MR) is 116 cm³/mol. The van der Waals surface area contributed by atoms with Crippen molar-refractivity contribution in [2.75, 3.05) is 40.4 Å². The largest absolute Gasteiger partial charge is 0.507 e. The molecular weight excluding hydrogens is 415 g/mol. The van der Waals surface area contributed by atoms with Crippen LogP contribution in [0.25, 0.3) is 5.76 Å². The van der Waals surface area contributed by atoms with Crippen LogP contribution in [-0.2, 0) is 9.59 Å². The van der Waals surface area contributed by atoms with Gasteiger partial charge in [0, 0.05) is 12.1 Å². The lowest BCUT2D eigenvalue weighted by Crippen LogP contribution is -2.32. The van der Waals surface area contributed by atoms with Gasteiger partial charge in [0.2, 0.25) is 0 Å². The summed E-state index contributed by atoms with van der Waals surface area (Å²) in [5.74, 6) is -1.33. The number of nitrogens with zero attached hydrogens (tertiary/aromatic N) is 2. The van der Waals surface area contributed by atoms with Crippen molar-refractivity contribution >= 4 is 17.4 Å². The summed E-state index contributed by atoms with van der Waals surface area (Å²) in [4.78, 5) is 29.3. The first-order chi connectivity index (χ1) is 15.4. The molecule has 2 heterocycles. The zero-order valence-corrected chi connectivity index (χ0v) is 18.0. The van der Waals surface area contributed by atoms with Gasteiger partial charge in [-0.25, -0.2) is 4.39 Å². The number of hydrogen-bond donors (Lipinski definition) is 1. The third-order valence-electron chi connectivity index (χ3n) is 5.52. The zero-order valence-electron chi connectivity index (χ0n) is 18.0. The first-order valence-corrected chi connectivity index (χ1v) is 10.5. The second-order valence-electron chi connectivity index (χ2n) is 8.06. The first-order valence-electron chi connectivity index (χ1n) is 10.5. The molecule has 2 aliphatic heterocycles. The Labute approximate surface area is 185 Å². The third kappa shape index (κ3) is 4.18. The lowest BCUT2D eigenvalue weighted by molar-refractivity contribution is -0.139. The Hall–Kier alpha value is -3.39. The summed E-state index contributed by atoms with van der Waals surface area (Å²) >= 11 is 0. The summed E-state index contributed by atoms with van der Waals surface area (Å²) in [6, 6.07) is 9.69. The van der Waals surface area contributed by atoms with Crippen molar-refractivity contribution in [3.05, 3.63) is 65.0 Å². The SMILES string of the molecule is CN(C)CCCN1C(=O)C(=O)C(=C(O)c2ccc3c(c2)OCCO3)[C@H]1c1cccc(F)c1. The molecule has 7 nitrogen and oxygen atoms in total. The van der Waals surface area contributed by atoms with Gasteiger partial charge in [-0.2, -0.15) is 0 Å². The van der Waals surface area contributed by atoms with Crippen LogP contribution in [0, 0.1) is 5.82 Å². The zero-order chi connectivity index (χ0) is 22.8. The van der Waals surface area contributed by atoms with E-state index in [1.807, 2.05) is 19.0 Å². The highest BCUT2D eigenvalue weighted by molar-refractivity contribution is 6.46. The van der Waals surface area contributed by atoms with E-state index in [0.717, 1.165) is 0 Å². The number of rotatable bonds is 6. The minimum atomic E-state index is -0.888. The van der Waals surface area contributed by atoms with E-state index in [0.29, 0.717) is 55.4 Å². The molecular formula is C24H25FN2O5. The van der Waals surface area contributed by atoms with Gasteiger partial charge in [0.25, 0.3) is 11.7 Å². The Morgan fingerprint density at radius 1 is 1.12 bits per heavy atom. The van der Waals surface area contributed by atoms with E-state index in [-0.39, 0.29) is 11.3 Å². The number of ketones is 1. The van der Waals surface area contributed by atoms with Crippen LogP contribution in [0.1, 0.15) is 23.6 Å². The molecule has 8 heteroatoms. The van der Waals surface area contributed by atoms with Crippen LogP contribution in [0.4, 0.5) is 4.39 Å². The minimum absolute atomic E-state index is 0.0675. The topological polar surface area (TPSA) is 79.3 Å². The lowest BCUT2D eigenvalue weighted by atomic mass is 9.95. The fraction of sp³-hybridized carbons (Fsp3) is 0.333. The standard InChI is InChI=1S/C24H25FN2O5/c1-26(2)9-4-10-27-21(15-5-3-6-17(25)13-15)20(23(29)24(27)30)22(28)16-7-8-18-19(14-16)32-12-11-31-18/h3,5-8,13-14,21,28H,4,9-12H2,1-2H3/t21-/m1/s1. The van der Waals surface area contributed by atoms with Gasteiger partial charge in [-0.05, 0) is 63.0 Å². The maximum Gasteiger partial charge on any atom is 0.295 e. The molecule has 2 aliphatic rings. The molecule has 1 saturated heterocycles. The van der Waals surface area contributed by atoms with Gasteiger partial charge in [-0.3, -0.25) is 9.59 Å². The Morgan fingerprint density at radius 2 is 1.88 bits per heavy atom. The Bertz CT molecular complexity index is 1080. The van der Waals surface area contributed by atoms with E-state index >= 15 is 0 Å². The van der Waals surface area contributed by atoms with Crippen molar-refractivity contribution < 1.29 is 28.6 Å². The van der Waals surface area contributed by atoms with Crippen LogP contribution in [0.2, 0.25) is 0 Å². The van der Waals surface area contributed by atoms with Crippen molar-refractivity contribution in [1.82, 2.24) is 9.80 Å². The number of aliphatic hydroxyl groups excluding tert-OH is 1.